The predicted molar refractivity (Wildman–Crippen MR) is 107 cm³/mol. The molecule has 5 heteroatoms. The second-order valence-electron chi connectivity index (χ2n) is 6.16. The van der Waals surface area contributed by atoms with E-state index < -0.39 is 0 Å². The van der Waals surface area contributed by atoms with Crippen LogP contribution in [0.2, 0.25) is 0 Å². The number of halogens is 1. The lowest BCUT2D eigenvalue weighted by molar-refractivity contribution is 0.415. The third kappa shape index (κ3) is 3.01. The SMILES string of the molecule is COc1ccc(N=Cc2c(O)c(I)cc3oc4c(c23)CCCC4)cc1. The number of nitrogens with zero attached hydrogens (tertiary/aromatic N) is 1. The summed E-state index contributed by atoms with van der Waals surface area (Å²) in [4.78, 5) is 4.55. The lowest BCUT2D eigenvalue weighted by Gasteiger charge is -2.10. The number of aryl methyl sites for hydroxylation is 2. The van der Waals surface area contributed by atoms with E-state index in [1.807, 2.05) is 30.3 Å². The van der Waals surface area contributed by atoms with Gasteiger partial charge in [0.2, 0.25) is 0 Å². The van der Waals surface area contributed by atoms with Crippen molar-refractivity contribution in [2.75, 3.05) is 7.11 Å². The van der Waals surface area contributed by atoms with Gasteiger partial charge in [-0.1, -0.05) is 0 Å². The molecule has 1 aromatic heterocycles. The van der Waals surface area contributed by atoms with Gasteiger partial charge in [-0.25, -0.2) is 0 Å². The van der Waals surface area contributed by atoms with Crippen LogP contribution in [0.15, 0.2) is 39.7 Å². The third-order valence-corrected chi connectivity index (χ3v) is 5.44. The number of furan rings is 1. The summed E-state index contributed by atoms with van der Waals surface area (Å²) in [5, 5.41) is 11.6. The molecule has 0 fully saturated rings. The quantitative estimate of drug-likeness (QED) is 0.433. The van der Waals surface area contributed by atoms with Crippen LogP contribution in [0.3, 0.4) is 0 Å². The zero-order valence-corrected chi connectivity index (χ0v) is 16.0. The standard InChI is InChI=1S/C20H18INO3/c1-24-13-8-6-12(7-9-13)22-11-15-19-14-4-2-3-5-17(14)25-18(19)10-16(21)20(15)23/h6-11,23H,2-5H2,1H3. The average Bonchev–Trinajstić information content (AvgIpc) is 3.00. The molecular weight excluding hydrogens is 429 g/mol. The Labute approximate surface area is 159 Å². The van der Waals surface area contributed by atoms with E-state index in [0.29, 0.717) is 0 Å². The number of hydrogen-bond acceptors (Lipinski definition) is 4. The average molecular weight is 447 g/mol. The molecule has 0 saturated heterocycles. The zero-order valence-electron chi connectivity index (χ0n) is 13.9. The fourth-order valence-electron chi connectivity index (χ4n) is 3.35. The summed E-state index contributed by atoms with van der Waals surface area (Å²) in [6.45, 7) is 0. The maximum absolute atomic E-state index is 10.6. The summed E-state index contributed by atoms with van der Waals surface area (Å²) in [5.74, 6) is 2.11. The Bertz CT molecular complexity index is 957. The van der Waals surface area contributed by atoms with Gasteiger partial charge in [0.15, 0.2) is 0 Å². The fourth-order valence-corrected chi connectivity index (χ4v) is 3.92. The molecule has 2 aromatic carbocycles. The molecule has 4 rings (SSSR count). The van der Waals surface area contributed by atoms with Crippen LogP contribution in [0.1, 0.15) is 29.7 Å². The maximum Gasteiger partial charge on any atom is 0.138 e. The number of aliphatic imine (C=N–C) groups is 1. The summed E-state index contributed by atoms with van der Waals surface area (Å²) in [6, 6.07) is 9.44. The summed E-state index contributed by atoms with van der Waals surface area (Å²) in [6.07, 6.45) is 6.02. The molecule has 0 amide bonds. The lowest BCUT2D eigenvalue weighted by Crippen LogP contribution is -2.00. The molecule has 1 aliphatic rings. The van der Waals surface area contributed by atoms with Crippen LogP contribution in [0.4, 0.5) is 5.69 Å². The summed E-state index contributed by atoms with van der Waals surface area (Å²) < 4.78 is 12.0. The van der Waals surface area contributed by atoms with Crippen LogP contribution in [-0.2, 0) is 12.8 Å². The number of ether oxygens (including phenoxy) is 1. The van der Waals surface area contributed by atoms with Crippen molar-refractivity contribution in [2.24, 2.45) is 4.99 Å². The molecule has 0 spiro atoms. The molecule has 0 saturated carbocycles. The van der Waals surface area contributed by atoms with E-state index in [-0.39, 0.29) is 5.75 Å². The van der Waals surface area contributed by atoms with Crippen LogP contribution in [0.5, 0.6) is 11.5 Å². The van der Waals surface area contributed by atoms with Gasteiger partial charge < -0.3 is 14.3 Å². The van der Waals surface area contributed by atoms with Crippen molar-refractivity contribution >= 4 is 45.5 Å². The highest BCUT2D eigenvalue weighted by molar-refractivity contribution is 14.1. The molecule has 128 valence electrons. The van der Waals surface area contributed by atoms with Crippen LogP contribution < -0.4 is 4.74 Å². The summed E-state index contributed by atoms with van der Waals surface area (Å²) >= 11 is 2.13. The van der Waals surface area contributed by atoms with E-state index in [1.165, 1.54) is 5.56 Å². The number of aromatic hydroxyl groups is 1. The Morgan fingerprint density at radius 1 is 1.20 bits per heavy atom. The lowest BCUT2D eigenvalue weighted by atomic mass is 9.94. The Balaban J connectivity index is 1.83. The van der Waals surface area contributed by atoms with Crippen LogP contribution in [0, 0.1) is 3.57 Å². The van der Waals surface area contributed by atoms with E-state index in [4.69, 9.17) is 9.15 Å². The van der Waals surface area contributed by atoms with E-state index in [2.05, 4.69) is 27.6 Å². The Morgan fingerprint density at radius 2 is 1.96 bits per heavy atom. The number of benzene rings is 2. The topological polar surface area (TPSA) is 55.0 Å². The highest BCUT2D eigenvalue weighted by Gasteiger charge is 2.22. The molecule has 0 unspecified atom stereocenters. The van der Waals surface area contributed by atoms with Crippen molar-refractivity contribution < 1.29 is 14.3 Å². The van der Waals surface area contributed by atoms with Gasteiger partial charge in [-0.05, 0) is 72.2 Å². The Kier molecular flexibility index (Phi) is 4.41. The number of phenols is 1. The largest absolute Gasteiger partial charge is 0.506 e. The highest BCUT2D eigenvalue weighted by atomic mass is 127. The van der Waals surface area contributed by atoms with Gasteiger partial charge in [-0.2, -0.15) is 0 Å². The normalized spacial score (nSPS) is 14.2. The zero-order chi connectivity index (χ0) is 17.4. The molecule has 0 bridgehead atoms. The molecule has 0 radical (unpaired) electrons. The van der Waals surface area contributed by atoms with Crippen molar-refractivity contribution in [2.45, 2.75) is 25.7 Å². The van der Waals surface area contributed by atoms with Gasteiger partial charge in [0.1, 0.15) is 22.8 Å². The second kappa shape index (κ2) is 6.71. The minimum Gasteiger partial charge on any atom is -0.506 e. The molecule has 1 heterocycles. The van der Waals surface area contributed by atoms with E-state index >= 15 is 0 Å². The second-order valence-corrected chi connectivity index (χ2v) is 7.32. The number of methoxy groups -OCH3 is 1. The van der Waals surface area contributed by atoms with Gasteiger partial charge in [0, 0.05) is 29.1 Å². The molecular formula is C20H18INO3. The molecule has 0 atom stereocenters. The summed E-state index contributed by atoms with van der Waals surface area (Å²) in [5.41, 5.74) is 3.61. The monoisotopic (exact) mass is 447 g/mol. The minimum atomic E-state index is 0.263. The number of fused-ring (bicyclic) bond motifs is 3. The van der Waals surface area contributed by atoms with Gasteiger partial charge in [-0.3, -0.25) is 4.99 Å². The maximum atomic E-state index is 10.6. The third-order valence-electron chi connectivity index (χ3n) is 4.62. The van der Waals surface area contributed by atoms with E-state index in [0.717, 1.165) is 63.0 Å². The highest BCUT2D eigenvalue weighted by Crippen LogP contribution is 2.39. The van der Waals surface area contributed by atoms with Gasteiger partial charge in [-0.15, -0.1) is 0 Å². The molecule has 25 heavy (non-hydrogen) atoms. The van der Waals surface area contributed by atoms with E-state index in [9.17, 15) is 5.11 Å². The smallest absolute Gasteiger partial charge is 0.138 e. The van der Waals surface area contributed by atoms with E-state index in [1.54, 1.807) is 13.3 Å². The van der Waals surface area contributed by atoms with Gasteiger partial charge >= 0.3 is 0 Å². The number of rotatable bonds is 3. The first-order valence-electron chi connectivity index (χ1n) is 8.31. The molecule has 1 N–H and O–H groups in total. The Morgan fingerprint density at radius 3 is 2.72 bits per heavy atom. The van der Waals surface area contributed by atoms with Crippen molar-refractivity contribution in [1.82, 2.24) is 0 Å². The van der Waals surface area contributed by atoms with Gasteiger partial charge in [0.05, 0.1) is 16.4 Å². The fraction of sp³-hybridized carbons (Fsp3) is 0.250. The van der Waals surface area contributed by atoms with Crippen LogP contribution in [0.25, 0.3) is 11.0 Å². The van der Waals surface area contributed by atoms with Crippen LogP contribution in [-0.4, -0.2) is 18.4 Å². The van der Waals surface area contributed by atoms with Crippen molar-refractivity contribution in [1.29, 1.82) is 0 Å². The van der Waals surface area contributed by atoms with Crippen LogP contribution >= 0.6 is 22.6 Å². The predicted octanol–water partition coefficient (Wildman–Crippen LogP) is 5.38. The number of phenolic OH excluding ortho intramolecular Hbond substituents is 1. The summed E-state index contributed by atoms with van der Waals surface area (Å²) in [7, 11) is 1.64. The van der Waals surface area contributed by atoms with Crippen molar-refractivity contribution in [3.05, 3.63) is 50.8 Å². The van der Waals surface area contributed by atoms with Crippen molar-refractivity contribution in [3.63, 3.8) is 0 Å². The first-order chi connectivity index (χ1) is 12.2. The first kappa shape index (κ1) is 16.4. The van der Waals surface area contributed by atoms with Gasteiger partial charge in [0.25, 0.3) is 0 Å². The molecule has 3 aromatic rings. The number of hydrogen-bond donors (Lipinski definition) is 1. The Hall–Kier alpha value is -2.02. The molecule has 4 nitrogen and oxygen atoms in total. The molecule has 0 aliphatic heterocycles. The first-order valence-corrected chi connectivity index (χ1v) is 9.39. The molecule has 1 aliphatic carbocycles. The van der Waals surface area contributed by atoms with Crippen molar-refractivity contribution in [3.8, 4) is 11.5 Å². The minimum absolute atomic E-state index is 0.263.